The predicted octanol–water partition coefficient (Wildman–Crippen LogP) is 3.02. The van der Waals surface area contributed by atoms with Crippen LogP contribution in [-0.4, -0.2) is 57.7 Å². The number of amides is 3. The lowest BCUT2D eigenvalue weighted by Crippen LogP contribution is -2.45. The Bertz CT molecular complexity index is 796. The lowest BCUT2D eigenvalue weighted by atomic mass is 9.99. The van der Waals surface area contributed by atoms with Gasteiger partial charge >= 0.3 is 0 Å². The molecule has 2 fully saturated rings. The minimum atomic E-state index is -0.503. The van der Waals surface area contributed by atoms with Gasteiger partial charge < -0.3 is 10.0 Å². The maximum atomic E-state index is 13.8. The number of thioether (sulfide) groups is 1. The highest BCUT2D eigenvalue weighted by molar-refractivity contribution is 8.18. The molecule has 1 atom stereocenters. The van der Waals surface area contributed by atoms with Crippen LogP contribution in [0.4, 0.5) is 9.18 Å². The number of halogens is 1. The summed E-state index contributed by atoms with van der Waals surface area (Å²) in [5.41, 5.74) is 0.240. The van der Waals surface area contributed by atoms with Crippen molar-refractivity contribution < 1.29 is 23.9 Å². The number of aliphatic hydroxyl groups is 1. The average molecular weight is 406 g/mol. The number of hydrogen-bond donors (Lipinski definition) is 1. The van der Waals surface area contributed by atoms with E-state index in [1.165, 1.54) is 18.2 Å². The minimum Gasteiger partial charge on any atom is -0.396 e. The van der Waals surface area contributed by atoms with E-state index < -0.39 is 17.0 Å². The van der Waals surface area contributed by atoms with Crippen LogP contribution in [0.1, 0.15) is 37.7 Å². The van der Waals surface area contributed by atoms with Crippen molar-refractivity contribution in [1.82, 2.24) is 9.80 Å². The first kappa shape index (κ1) is 20.5. The second kappa shape index (κ2) is 9.34. The second-order valence-corrected chi connectivity index (χ2v) is 7.85. The summed E-state index contributed by atoms with van der Waals surface area (Å²) in [7, 11) is 0. The minimum absolute atomic E-state index is 0.000453. The molecule has 1 N–H and O–H groups in total. The van der Waals surface area contributed by atoms with Gasteiger partial charge in [0.05, 0.1) is 4.91 Å². The summed E-state index contributed by atoms with van der Waals surface area (Å²) in [6.45, 7) is 0.664. The van der Waals surface area contributed by atoms with E-state index >= 15 is 0 Å². The monoisotopic (exact) mass is 406 g/mol. The quantitative estimate of drug-likeness (QED) is 0.735. The molecule has 6 nitrogen and oxygen atoms in total. The first-order chi connectivity index (χ1) is 13.5. The van der Waals surface area contributed by atoms with Gasteiger partial charge in [0.1, 0.15) is 5.82 Å². The second-order valence-electron chi connectivity index (χ2n) is 6.85. The Hall–Kier alpha value is -2.19. The van der Waals surface area contributed by atoms with Crippen LogP contribution in [0, 0.1) is 5.82 Å². The van der Waals surface area contributed by atoms with Crippen LogP contribution >= 0.6 is 11.8 Å². The number of rotatable bonds is 6. The number of carbonyl (C=O) groups is 3. The van der Waals surface area contributed by atoms with Gasteiger partial charge in [-0.3, -0.25) is 19.3 Å². The zero-order valence-corrected chi connectivity index (χ0v) is 16.3. The fourth-order valence-corrected chi connectivity index (χ4v) is 4.41. The molecule has 1 aromatic rings. The summed E-state index contributed by atoms with van der Waals surface area (Å²) in [4.78, 5) is 40.3. The van der Waals surface area contributed by atoms with Crippen molar-refractivity contribution >= 4 is 34.9 Å². The fraction of sp³-hybridized carbons (Fsp3) is 0.450. The Balaban J connectivity index is 1.63. The van der Waals surface area contributed by atoms with Gasteiger partial charge in [-0.2, -0.15) is 0 Å². The Morgan fingerprint density at radius 2 is 2.07 bits per heavy atom. The Kier molecular flexibility index (Phi) is 6.85. The van der Waals surface area contributed by atoms with Crippen LogP contribution in [0.2, 0.25) is 0 Å². The van der Waals surface area contributed by atoms with Crippen molar-refractivity contribution in [2.45, 2.75) is 38.1 Å². The van der Waals surface area contributed by atoms with E-state index in [0.717, 1.165) is 35.9 Å². The predicted molar refractivity (Wildman–Crippen MR) is 105 cm³/mol. The lowest BCUT2D eigenvalue weighted by Gasteiger charge is -2.36. The van der Waals surface area contributed by atoms with Crippen LogP contribution in [0.25, 0.3) is 6.08 Å². The molecule has 28 heavy (non-hydrogen) atoms. The molecular weight excluding hydrogens is 383 g/mol. The third kappa shape index (κ3) is 4.62. The van der Waals surface area contributed by atoms with Crippen molar-refractivity contribution in [2.24, 2.45) is 0 Å². The van der Waals surface area contributed by atoms with Crippen molar-refractivity contribution in [1.29, 1.82) is 0 Å². The average Bonchev–Trinajstić information content (AvgIpc) is 2.95. The zero-order chi connectivity index (χ0) is 20.1. The number of likely N-dealkylation sites (tertiary alicyclic amines) is 1. The van der Waals surface area contributed by atoms with Gasteiger partial charge in [-0.05, 0) is 49.6 Å². The molecule has 1 aromatic carbocycles. The van der Waals surface area contributed by atoms with E-state index in [1.54, 1.807) is 17.0 Å². The normalized spacial score (nSPS) is 21.6. The fourth-order valence-electron chi connectivity index (χ4n) is 3.56. The summed E-state index contributed by atoms with van der Waals surface area (Å²) in [5, 5.41) is 8.74. The molecule has 0 spiro atoms. The smallest absolute Gasteiger partial charge is 0.293 e. The molecule has 2 saturated heterocycles. The maximum Gasteiger partial charge on any atom is 0.293 e. The van der Waals surface area contributed by atoms with Crippen LogP contribution < -0.4 is 0 Å². The molecule has 2 heterocycles. The highest BCUT2D eigenvalue weighted by atomic mass is 32.2. The molecule has 3 amide bonds. The molecule has 0 aromatic heterocycles. The summed E-state index contributed by atoms with van der Waals surface area (Å²) in [6.07, 6.45) is 4.76. The first-order valence-corrected chi connectivity index (χ1v) is 10.2. The first-order valence-electron chi connectivity index (χ1n) is 9.41. The molecule has 8 heteroatoms. The van der Waals surface area contributed by atoms with Crippen LogP contribution in [-0.2, 0) is 9.59 Å². The van der Waals surface area contributed by atoms with E-state index in [-0.39, 0.29) is 42.0 Å². The molecule has 0 aliphatic carbocycles. The zero-order valence-electron chi connectivity index (χ0n) is 15.5. The third-order valence-electron chi connectivity index (χ3n) is 5.02. The molecule has 2 aliphatic rings. The molecule has 0 bridgehead atoms. The Labute approximate surface area is 167 Å². The Morgan fingerprint density at radius 1 is 1.29 bits per heavy atom. The molecular formula is C20H23FN2O4S. The molecule has 0 radical (unpaired) electrons. The Morgan fingerprint density at radius 3 is 2.82 bits per heavy atom. The van der Waals surface area contributed by atoms with Gasteiger partial charge in [-0.25, -0.2) is 4.39 Å². The van der Waals surface area contributed by atoms with Crippen molar-refractivity contribution in [3.63, 3.8) is 0 Å². The summed E-state index contributed by atoms with van der Waals surface area (Å²) < 4.78 is 13.8. The molecule has 0 saturated carbocycles. The van der Waals surface area contributed by atoms with Crippen LogP contribution in [0.15, 0.2) is 29.2 Å². The standard InChI is InChI=1S/C20H23FN2O4S/c21-16-7-2-1-5-14(16)13-17-19(26)23(20(27)28-17)11-8-18(25)22-10-4-3-6-15(22)9-12-24/h1-2,5,7,13,15,24H,3-4,6,8-12H2/b17-13-/t15-/m1/s1. The summed E-state index contributed by atoms with van der Waals surface area (Å²) in [5.74, 6) is -1.09. The van der Waals surface area contributed by atoms with Gasteiger partial charge in [0.2, 0.25) is 5.91 Å². The van der Waals surface area contributed by atoms with Crippen molar-refractivity contribution in [3.8, 4) is 0 Å². The highest BCUT2D eigenvalue weighted by Crippen LogP contribution is 2.33. The SMILES string of the molecule is O=C1S/C(=C\c2ccccc2F)C(=O)N1CCC(=O)N1CCCC[C@@H]1CCO. The topological polar surface area (TPSA) is 77.9 Å². The number of piperidine rings is 1. The number of hydrogen-bond acceptors (Lipinski definition) is 5. The molecule has 150 valence electrons. The van der Waals surface area contributed by atoms with E-state index in [1.807, 2.05) is 0 Å². The highest BCUT2D eigenvalue weighted by Gasteiger charge is 2.36. The van der Waals surface area contributed by atoms with Crippen molar-refractivity contribution in [2.75, 3.05) is 19.7 Å². The van der Waals surface area contributed by atoms with E-state index in [0.29, 0.717) is 13.0 Å². The van der Waals surface area contributed by atoms with Gasteiger partial charge in [0, 0.05) is 37.7 Å². The number of carbonyl (C=O) groups excluding carboxylic acids is 3. The van der Waals surface area contributed by atoms with Crippen molar-refractivity contribution in [3.05, 3.63) is 40.6 Å². The number of benzene rings is 1. The summed E-state index contributed by atoms with van der Waals surface area (Å²) in [6, 6.07) is 6.04. The van der Waals surface area contributed by atoms with Crippen LogP contribution in [0.3, 0.4) is 0 Å². The van der Waals surface area contributed by atoms with Gasteiger partial charge in [-0.15, -0.1) is 0 Å². The summed E-state index contributed by atoms with van der Waals surface area (Å²) >= 11 is 0.755. The molecule has 2 aliphatic heterocycles. The lowest BCUT2D eigenvalue weighted by molar-refractivity contribution is -0.135. The van der Waals surface area contributed by atoms with Crippen LogP contribution in [0.5, 0.6) is 0 Å². The van der Waals surface area contributed by atoms with E-state index in [2.05, 4.69) is 0 Å². The number of nitrogens with zero attached hydrogens (tertiary/aromatic N) is 2. The maximum absolute atomic E-state index is 13.8. The number of imide groups is 1. The molecule has 3 rings (SSSR count). The van der Waals surface area contributed by atoms with E-state index in [9.17, 15) is 23.9 Å². The van der Waals surface area contributed by atoms with Gasteiger partial charge in [-0.1, -0.05) is 18.2 Å². The largest absolute Gasteiger partial charge is 0.396 e. The number of aliphatic hydroxyl groups excluding tert-OH is 1. The van der Waals surface area contributed by atoms with Gasteiger partial charge in [0.15, 0.2) is 0 Å². The van der Waals surface area contributed by atoms with E-state index in [4.69, 9.17) is 0 Å². The molecule has 0 unspecified atom stereocenters. The third-order valence-corrected chi connectivity index (χ3v) is 5.93. The van der Waals surface area contributed by atoms with Gasteiger partial charge in [0.25, 0.3) is 11.1 Å².